The SMILES string of the molecule is O=C(O)c1ccc(NC(=O)c2ccccc2COc2ccccc2)cc1Cl. The fraction of sp³-hybridized carbons (Fsp3) is 0.0476. The van der Waals surface area contributed by atoms with Crippen LogP contribution < -0.4 is 10.1 Å². The maximum Gasteiger partial charge on any atom is 0.337 e. The molecule has 0 fully saturated rings. The predicted molar refractivity (Wildman–Crippen MR) is 104 cm³/mol. The first-order valence-electron chi connectivity index (χ1n) is 8.14. The number of hydrogen-bond acceptors (Lipinski definition) is 3. The predicted octanol–water partition coefficient (Wildman–Crippen LogP) is 4.87. The summed E-state index contributed by atoms with van der Waals surface area (Å²) in [6, 6.07) is 20.7. The molecule has 0 unspecified atom stereocenters. The van der Waals surface area contributed by atoms with E-state index in [0.717, 1.165) is 5.56 Å². The Labute approximate surface area is 161 Å². The fourth-order valence-electron chi connectivity index (χ4n) is 2.51. The van der Waals surface area contributed by atoms with E-state index in [9.17, 15) is 9.59 Å². The first-order valence-corrected chi connectivity index (χ1v) is 8.52. The largest absolute Gasteiger partial charge is 0.489 e. The average Bonchev–Trinajstić information content (AvgIpc) is 2.67. The first-order chi connectivity index (χ1) is 13.0. The van der Waals surface area contributed by atoms with Crippen LogP contribution in [0.3, 0.4) is 0 Å². The number of aromatic carboxylic acids is 1. The van der Waals surface area contributed by atoms with E-state index < -0.39 is 5.97 Å². The van der Waals surface area contributed by atoms with Crippen molar-refractivity contribution in [3.05, 3.63) is 94.5 Å². The van der Waals surface area contributed by atoms with Gasteiger partial charge in [0.1, 0.15) is 12.4 Å². The van der Waals surface area contributed by atoms with Crippen molar-refractivity contribution in [1.82, 2.24) is 0 Å². The molecule has 0 aliphatic rings. The van der Waals surface area contributed by atoms with E-state index >= 15 is 0 Å². The van der Waals surface area contributed by atoms with Crippen LogP contribution in [-0.4, -0.2) is 17.0 Å². The van der Waals surface area contributed by atoms with E-state index in [4.69, 9.17) is 21.4 Å². The van der Waals surface area contributed by atoms with E-state index in [1.54, 1.807) is 12.1 Å². The van der Waals surface area contributed by atoms with Gasteiger partial charge in [-0.2, -0.15) is 0 Å². The van der Waals surface area contributed by atoms with Gasteiger partial charge in [-0.1, -0.05) is 48.0 Å². The second kappa shape index (κ2) is 8.38. The van der Waals surface area contributed by atoms with Crippen molar-refractivity contribution in [1.29, 1.82) is 0 Å². The summed E-state index contributed by atoms with van der Waals surface area (Å²) in [6.45, 7) is 0.242. The third-order valence-corrected chi connectivity index (χ3v) is 4.17. The summed E-state index contributed by atoms with van der Waals surface area (Å²) in [6.07, 6.45) is 0. The van der Waals surface area contributed by atoms with Crippen molar-refractivity contribution < 1.29 is 19.4 Å². The highest BCUT2D eigenvalue weighted by molar-refractivity contribution is 6.33. The number of ether oxygens (including phenoxy) is 1. The summed E-state index contributed by atoms with van der Waals surface area (Å²) in [4.78, 5) is 23.7. The Morgan fingerprint density at radius 2 is 1.63 bits per heavy atom. The van der Waals surface area contributed by atoms with Crippen molar-refractivity contribution in [3.63, 3.8) is 0 Å². The van der Waals surface area contributed by atoms with Crippen molar-refractivity contribution in [2.45, 2.75) is 6.61 Å². The minimum atomic E-state index is -1.12. The van der Waals surface area contributed by atoms with Crippen molar-refractivity contribution in [2.24, 2.45) is 0 Å². The standard InChI is InChI=1S/C21H16ClNO4/c22-19-12-15(10-11-18(19)21(25)26)23-20(24)17-9-5-4-6-14(17)13-27-16-7-2-1-3-8-16/h1-12H,13H2,(H,23,24)(H,25,26). The van der Waals surface area contributed by atoms with Gasteiger partial charge < -0.3 is 15.2 Å². The molecule has 0 aromatic heterocycles. The molecule has 5 nitrogen and oxygen atoms in total. The monoisotopic (exact) mass is 381 g/mol. The summed E-state index contributed by atoms with van der Waals surface area (Å²) < 4.78 is 5.73. The smallest absolute Gasteiger partial charge is 0.337 e. The molecule has 2 N–H and O–H groups in total. The number of amides is 1. The Hall–Kier alpha value is -3.31. The van der Waals surface area contributed by atoms with E-state index in [2.05, 4.69) is 5.32 Å². The zero-order chi connectivity index (χ0) is 19.2. The van der Waals surface area contributed by atoms with Gasteiger partial charge in [0.15, 0.2) is 0 Å². The fourth-order valence-corrected chi connectivity index (χ4v) is 2.77. The van der Waals surface area contributed by atoms with Gasteiger partial charge >= 0.3 is 5.97 Å². The minimum absolute atomic E-state index is 0.0219. The molecule has 1 amide bonds. The minimum Gasteiger partial charge on any atom is -0.489 e. The normalized spacial score (nSPS) is 10.3. The van der Waals surface area contributed by atoms with Gasteiger partial charge in [0.05, 0.1) is 10.6 Å². The summed E-state index contributed by atoms with van der Waals surface area (Å²) in [5, 5.41) is 11.8. The molecule has 3 aromatic carbocycles. The van der Waals surface area contributed by atoms with Gasteiger partial charge in [0, 0.05) is 16.8 Å². The molecule has 0 atom stereocenters. The Bertz CT molecular complexity index is 973. The van der Waals surface area contributed by atoms with Crippen LogP contribution in [0.2, 0.25) is 5.02 Å². The second-order valence-corrected chi connectivity index (χ2v) is 6.12. The zero-order valence-corrected chi connectivity index (χ0v) is 14.9. The zero-order valence-electron chi connectivity index (χ0n) is 14.2. The Kier molecular flexibility index (Phi) is 5.74. The van der Waals surface area contributed by atoms with Crippen LogP contribution in [0.15, 0.2) is 72.8 Å². The number of hydrogen-bond donors (Lipinski definition) is 2. The third-order valence-electron chi connectivity index (χ3n) is 3.86. The van der Waals surface area contributed by atoms with Crippen LogP contribution in [-0.2, 0) is 6.61 Å². The average molecular weight is 382 g/mol. The van der Waals surface area contributed by atoms with Crippen LogP contribution in [0.4, 0.5) is 5.69 Å². The Morgan fingerprint density at radius 3 is 2.33 bits per heavy atom. The summed E-state index contributed by atoms with van der Waals surface area (Å²) >= 11 is 5.95. The number of carboxylic acid groups (broad SMARTS) is 1. The van der Waals surface area contributed by atoms with Gasteiger partial charge in [-0.25, -0.2) is 4.79 Å². The molecule has 3 rings (SSSR count). The lowest BCUT2D eigenvalue weighted by Gasteiger charge is -2.12. The molecule has 0 saturated heterocycles. The lowest BCUT2D eigenvalue weighted by Crippen LogP contribution is -2.15. The number of halogens is 1. The van der Waals surface area contributed by atoms with E-state index in [0.29, 0.717) is 17.0 Å². The van der Waals surface area contributed by atoms with Crippen LogP contribution >= 0.6 is 11.6 Å². The number of para-hydroxylation sites is 1. The number of anilines is 1. The highest BCUT2D eigenvalue weighted by Gasteiger charge is 2.14. The molecular weight excluding hydrogens is 366 g/mol. The van der Waals surface area contributed by atoms with Gasteiger partial charge in [-0.15, -0.1) is 0 Å². The van der Waals surface area contributed by atoms with E-state index in [-0.39, 0.29) is 23.1 Å². The van der Waals surface area contributed by atoms with Crippen LogP contribution in [0, 0.1) is 0 Å². The van der Waals surface area contributed by atoms with Gasteiger partial charge in [0.25, 0.3) is 5.91 Å². The summed E-state index contributed by atoms with van der Waals surface area (Å²) in [5.41, 5.74) is 1.58. The molecule has 6 heteroatoms. The third kappa shape index (κ3) is 4.65. The number of nitrogens with one attached hydrogen (secondary N) is 1. The maximum absolute atomic E-state index is 12.7. The first kappa shape index (κ1) is 18.5. The lowest BCUT2D eigenvalue weighted by atomic mass is 10.1. The van der Waals surface area contributed by atoms with Crippen molar-refractivity contribution in [3.8, 4) is 5.75 Å². The van der Waals surface area contributed by atoms with E-state index in [1.165, 1.54) is 18.2 Å². The number of rotatable bonds is 6. The molecule has 0 saturated carbocycles. The molecule has 136 valence electrons. The highest BCUT2D eigenvalue weighted by atomic mass is 35.5. The van der Waals surface area contributed by atoms with Gasteiger partial charge in [-0.05, 0) is 36.4 Å². The Morgan fingerprint density at radius 1 is 0.926 bits per heavy atom. The van der Waals surface area contributed by atoms with Crippen molar-refractivity contribution >= 4 is 29.2 Å². The van der Waals surface area contributed by atoms with Gasteiger partial charge in [-0.3, -0.25) is 4.79 Å². The quantitative estimate of drug-likeness (QED) is 0.638. The number of carbonyl (C=O) groups excluding carboxylic acids is 1. The number of carboxylic acids is 1. The van der Waals surface area contributed by atoms with E-state index in [1.807, 2.05) is 42.5 Å². The van der Waals surface area contributed by atoms with Crippen molar-refractivity contribution in [2.75, 3.05) is 5.32 Å². The molecule has 0 aliphatic carbocycles. The molecule has 0 spiro atoms. The molecule has 0 bridgehead atoms. The second-order valence-electron chi connectivity index (χ2n) is 5.71. The lowest BCUT2D eigenvalue weighted by molar-refractivity contribution is 0.0697. The maximum atomic E-state index is 12.7. The van der Waals surface area contributed by atoms with Crippen LogP contribution in [0.1, 0.15) is 26.3 Å². The highest BCUT2D eigenvalue weighted by Crippen LogP contribution is 2.22. The number of carbonyl (C=O) groups is 2. The van der Waals surface area contributed by atoms with Crippen LogP contribution in [0.25, 0.3) is 0 Å². The summed E-state index contributed by atoms with van der Waals surface area (Å²) in [5.74, 6) is -0.744. The number of benzene rings is 3. The molecule has 27 heavy (non-hydrogen) atoms. The Balaban J connectivity index is 1.75. The van der Waals surface area contributed by atoms with Gasteiger partial charge in [0.2, 0.25) is 0 Å². The molecule has 0 radical (unpaired) electrons. The molecular formula is C21H16ClNO4. The topological polar surface area (TPSA) is 75.6 Å². The summed E-state index contributed by atoms with van der Waals surface area (Å²) in [7, 11) is 0. The van der Waals surface area contributed by atoms with Crippen LogP contribution in [0.5, 0.6) is 5.75 Å². The molecule has 0 aliphatic heterocycles. The molecule has 3 aromatic rings. The molecule has 0 heterocycles.